The van der Waals surface area contributed by atoms with Crippen LogP contribution in [0.3, 0.4) is 0 Å². The number of aliphatic imine (C=N–C) groups is 1. The van der Waals surface area contributed by atoms with Crippen LogP contribution < -0.4 is 0 Å². The average molecular weight is 234 g/mol. The van der Waals surface area contributed by atoms with Crippen molar-refractivity contribution in [2.75, 3.05) is 5.75 Å². The molecule has 0 saturated carbocycles. The van der Waals surface area contributed by atoms with Gasteiger partial charge in [-0.05, 0) is 15.9 Å². The molecule has 0 fully saturated rings. The molecule has 0 spiro atoms. The predicted molar refractivity (Wildman–Crippen MR) is 38.7 cm³/mol. The van der Waals surface area contributed by atoms with Gasteiger partial charge < -0.3 is 0 Å². The van der Waals surface area contributed by atoms with Gasteiger partial charge in [-0.3, -0.25) is 4.99 Å². The van der Waals surface area contributed by atoms with Gasteiger partial charge in [-0.15, -0.1) is 11.8 Å². The zero-order chi connectivity index (χ0) is 7.83. The molecule has 0 N–H and O–H groups in total. The molecule has 10 heavy (non-hydrogen) atoms. The Kier molecular flexibility index (Phi) is 2.02. The maximum Gasteiger partial charge on any atom is 0.424 e. The number of thioether (sulfide) groups is 1. The minimum Gasteiger partial charge on any atom is -0.258 e. The molecule has 0 radical (unpaired) electrons. The summed E-state index contributed by atoms with van der Waals surface area (Å²) in [5, 5.41) is 0. The molecule has 1 nitrogen and oxygen atoms in total. The van der Waals surface area contributed by atoms with E-state index in [-0.39, 0.29) is 5.75 Å². The largest absolute Gasteiger partial charge is 0.424 e. The lowest BCUT2D eigenvalue weighted by molar-refractivity contribution is -0.149. The Morgan fingerprint density at radius 3 is 2.40 bits per heavy atom. The van der Waals surface area contributed by atoms with Gasteiger partial charge in [-0.2, -0.15) is 13.2 Å². The molecule has 1 heterocycles. The fraction of sp³-hybridized carbons (Fsp3) is 0.750. The van der Waals surface area contributed by atoms with E-state index in [0.717, 1.165) is 11.8 Å². The molecular formula is C4H3BrF3NS. The van der Waals surface area contributed by atoms with Gasteiger partial charge in [0.2, 0.25) is 4.45 Å². The van der Waals surface area contributed by atoms with Crippen molar-refractivity contribution in [2.45, 2.75) is 10.6 Å². The number of nitrogens with zero attached hydrogens (tertiary/aromatic N) is 1. The van der Waals surface area contributed by atoms with Crippen LogP contribution in [0.4, 0.5) is 13.2 Å². The third kappa shape index (κ3) is 1.32. The van der Waals surface area contributed by atoms with Crippen LogP contribution in [0.25, 0.3) is 0 Å². The lowest BCUT2D eigenvalue weighted by Crippen LogP contribution is -2.37. The minimum absolute atomic E-state index is 0.0729. The van der Waals surface area contributed by atoms with Crippen LogP contribution in [0.1, 0.15) is 0 Å². The van der Waals surface area contributed by atoms with E-state index in [2.05, 4.69) is 20.9 Å². The zero-order valence-electron chi connectivity index (χ0n) is 4.65. The smallest absolute Gasteiger partial charge is 0.258 e. The van der Waals surface area contributed by atoms with Crippen molar-refractivity contribution in [3.63, 3.8) is 0 Å². The van der Waals surface area contributed by atoms with Crippen molar-refractivity contribution < 1.29 is 13.2 Å². The van der Waals surface area contributed by atoms with Gasteiger partial charge in [-0.1, -0.05) is 0 Å². The molecule has 1 aliphatic rings. The molecule has 1 atom stereocenters. The van der Waals surface area contributed by atoms with E-state index >= 15 is 0 Å². The van der Waals surface area contributed by atoms with Crippen molar-refractivity contribution in [3.8, 4) is 0 Å². The lowest BCUT2D eigenvalue weighted by Gasteiger charge is -2.20. The Bertz CT molecular complexity index is 168. The molecule has 1 unspecified atom stereocenters. The van der Waals surface area contributed by atoms with E-state index in [1.807, 2.05) is 0 Å². The fourth-order valence-electron chi connectivity index (χ4n) is 0.461. The fourth-order valence-corrected chi connectivity index (χ4v) is 1.88. The molecule has 1 aliphatic heterocycles. The van der Waals surface area contributed by atoms with Crippen LogP contribution >= 0.6 is 27.7 Å². The summed E-state index contributed by atoms with van der Waals surface area (Å²) >= 11 is 3.57. The van der Waals surface area contributed by atoms with E-state index < -0.39 is 10.6 Å². The monoisotopic (exact) mass is 233 g/mol. The van der Waals surface area contributed by atoms with Crippen molar-refractivity contribution in [1.29, 1.82) is 0 Å². The van der Waals surface area contributed by atoms with Crippen LogP contribution in [0.5, 0.6) is 0 Å². The van der Waals surface area contributed by atoms with E-state index in [1.165, 1.54) is 5.55 Å². The van der Waals surface area contributed by atoms with Crippen LogP contribution in [-0.2, 0) is 0 Å². The van der Waals surface area contributed by atoms with Crippen molar-refractivity contribution in [1.82, 2.24) is 0 Å². The second-order valence-corrected chi connectivity index (χ2v) is 3.95. The van der Waals surface area contributed by atoms with Crippen molar-refractivity contribution >= 4 is 33.2 Å². The second-order valence-electron chi connectivity index (χ2n) is 1.80. The summed E-state index contributed by atoms with van der Waals surface area (Å²) in [7, 11) is 0. The molecule has 0 bridgehead atoms. The standard InChI is InChI=1S/C4H3BrF3NS/c5-3(4(6,7)8)1-10-2-9-3/h2H,1H2. The Morgan fingerprint density at radius 1 is 1.60 bits per heavy atom. The topological polar surface area (TPSA) is 12.4 Å². The highest BCUT2D eigenvalue weighted by molar-refractivity contribution is 9.10. The summed E-state index contributed by atoms with van der Waals surface area (Å²) in [4.78, 5) is 3.27. The molecule has 0 aromatic carbocycles. The normalized spacial score (nSPS) is 33.2. The Hall–Kier alpha value is 0.290. The molecular weight excluding hydrogens is 231 g/mol. The van der Waals surface area contributed by atoms with E-state index in [9.17, 15) is 13.2 Å². The Morgan fingerprint density at radius 2 is 2.20 bits per heavy atom. The molecule has 58 valence electrons. The number of rotatable bonds is 0. The van der Waals surface area contributed by atoms with E-state index in [0.29, 0.717) is 0 Å². The predicted octanol–water partition coefficient (Wildman–Crippen LogP) is 2.42. The second kappa shape index (κ2) is 2.41. The Labute approximate surface area is 68.2 Å². The van der Waals surface area contributed by atoms with Gasteiger partial charge in [0.05, 0.1) is 5.55 Å². The maximum absolute atomic E-state index is 12.0. The van der Waals surface area contributed by atoms with E-state index in [4.69, 9.17) is 0 Å². The number of alkyl halides is 4. The molecule has 0 amide bonds. The number of hydrogen-bond donors (Lipinski definition) is 0. The van der Waals surface area contributed by atoms with Gasteiger partial charge >= 0.3 is 6.18 Å². The maximum atomic E-state index is 12.0. The molecule has 0 aliphatic carbocycles. The average Bonchev–Trinajstić information content (AvgIpc) is 2.13. The summed E-state index contributed by atoms with van der Waals surface area (Å²) in [6, 6.07) is 0. The first-order valence-electron chi connectivity index (χ1n) is 2.37. The van der Waals surface area contributed by atoms with Crippen LogP contribution in [0, 0.1) is 0 Å². The molecule has 6 heteroatoms. The van der Waals surface area contributed by atoms with Crippen LogP contribution in [0.15, 0.2) is 4.99 Å². The lowest BCUT2D eigenvalue weighted by atomic mass is 10.3. The zero-order valence-corrected chi connectivity index (χ0v) is 7.05. The van der Waals surface area contributed by atoms with Gasteiger partial charge in [0, 0.05) is 5.75 Å². The third-order valence-electron chi connectivity index (χ3n) is 1.04. The number of halogens is 4. The summed E-state index contributed by atoms with van der Waals surface area (Å²) in [6.45, 7) is 0. The van der Waals surface area contributed by atoms with Gasteiger partial charge in [-0.25, -0.2) is 0 Å². The first-order chi connectivity index (χ1) is 4.46. The highest BCUT2D eigenvalue weighted by atomic mass is 79.9. The van der Waals surface area contributed by atoms with Gasteiger partial charge in [0.25, 0.3) is 0 Å². The first-order valence-corrected chi connectivity index (χ1v) is 4.21. The minimum atomic E-state index is -4.28. The quantitative estimate of drug-likeness (QED) is 0.463. The summed E-state index contributed by atoms with van der Waals surface area (Å²) in [5.74, 6) is -0.0729. The summed E-state index contributed by atoms with van der Waals surface area (Å²) in [5.41, 5.74) is 1.21. The molecule has 0 saturated heterocycles. The van der Waals surface area contributed by atoms with Crippen LogP contribution in [-0.4, -0.2) is 21.9 Å². The number of hydrogen-bond acceptors (Lipinski definition) is 2. The molecule has 0 aromatic heterocycles. The van der Waals surface area contributed by atoms with Crippen LogP contribution in [0.2, 0.25) is 0 Å². The first kappa shape index (κ1) is 8.39. The highest BCUT2D eigenvalue weighted by Crippen LogP contribution is 2.43. The SMILES string of the molecule is FC(F)(F)C1(Br)CSC=N1. The van der Waals surface area contributed by atoms with Gasteiger partial charge in [0.15, 0.2) is 0 Å². The Balaban J connectivity index is 2.78. The highest BCUT2D eigenvalue weighted by Gasteiger charge is 2.54. The summed E-state index contributed by atoms with van der Waals surface area (Å²) < 4.78 is 33.9. The van der Waals surface area contributed by atoms with Crippen molar-refractivity contribution in [3.05, 3.63) is 0 Å². The third-order valence-corrected chi connectivity index (χ3v) is 3.19. The molecule has 0 aromatic rings. The van der Waals surface area contributed by atoms with E-state index in [1.54, 1.807) is 0 Å². The summed E-state index contributed by atoms with van der Waals surface area (Å²) in [6.07, 6.45) is -4.28. The molecule has 1 rings (SSSR count). The van der Waals surface area contributed by atoms with Gasteiger partial charge in [0.1, 0.15) is 0 Å². The van der Waals surface area contributed by atoms with Crippen molar-refractivity contribution in [2.24, 2.45) is 4.99 Å².